The van der Waals surface area contributed by atoms with Crippen LogP contribution in [0.1, 0.15) is 200 Å². The van der Waals surface area contributed by atoms with Gasteiger partial charge in [0.2, 0.25) is 17.1 Å². The zero-order valence-corrected chi connectivity index (χ0v) is 42.3. The van der Waals surface area contributed by atoms with E-state index in [2.05, 4.69) is 48.2 Å². The number of carbonyl (C=O) groups is 4. The van der Waals surface area contributed by atoms with Gasteiger partial charge in [0.15, 0.2) is 6.29 Å². The average Bonchev–Trinajstić information content (AvgIpc) is 3.41. The Hall–Kier alpha value is -5.04. The first-order valence-electron chi connectivity index (χ1n) is 24.6. The molecule has 0 spiro atoms. The van der Waals surface area contributed by atoms with Crippen molar-refractivity contribution in [1.82, 2.24) is 20.1 Å². The lowest BCUT2D eigenvalue weighted by Crippen LogP contribution is -2.48. The van der Waals surface area contributed by atoms with E-state index in [4.69, 9.17) is 4.74 Å². The molecule has 1 aliphatic rings. The number of likely N-dealkylation sites (N-methyl/N-ethyl adjacent to an activating group) is 1. The molecule has 0 saturated carbocycles. The number of ether oxygens (including phenoxy) is 1. The number of rotatable bonds is 22. The number of likely N-dealkylation sites (tertiary alicyclic amines) is 1. The van der Waals surface area contributed by atoms with Gasteiger partial charge in [-0.15, -0.1) is 0 Å². The fraction of sp³-hybridized carbons (Fsp3) is 0.593. The summed E-state index contributed by atoms with van der Waals surface area (Å²) in [6.45, 7) is 16.7. The summed E-state index contributed by atoms with van der Waals surface area (Å²) >= 11 is 0. The summed E-state index contributed by atoms with van der Waals surface area (Å²) < 4.78 is 35.4. The first kappa shape index (κ1) is 58.1. The van der Waals surface area contributed by atoms with Gasteiger partial charge in [-0.1, -0.05) is 129 Å². The Morgan fingerprint density at radius 2 is 1.40 bits per heavy atom. The summed E-state index contributed by atoms with van der Waals surface area (Å²) in [5.74, 6) is -4.31. The molecular weight excluding hydrogens is 853 g/mol. The number of benzene rings is 2. The van der Waals surface area contributed by atoms with E-state index in [9.17, 15) is 32.8 Å². The monoisotopic (exact) mass is 934 g/mol. The summed E-state index contributed by atoms with van der Waals surface area (Å²) in [7, 11) is 3.75. The van der Waals surface area contributed by atoms with E-state index in [1.807, 2.05) is 34.7 Å². The number of nitrogens with zero attached hydrogens (tertiary/aromatic N) is 3. The van der Waals surface area contributed by atoms with Gasteiger partial charge in [-0.05, 0) is 77.6 Å². The molecule has 13 heteroatoms. The van der Waals surface area contributed by atoms with Crippen molar-refractivity contribution in [2.45, 2.75) is 183 Å². The van der Waals surface area contributed by atoms with E-state index in [-0.39, 0.29) is 47.8 Å². The number of hydrogen-bond donors (Lipinski definition) is 2. The summed E-state index contributed by atoms with van der Waals surface area (Å²) in [5, 5.41) is 5.42. The first-order chi connectivity index (χ1) is 32.0. The molecule has 2 N–H and O–H groups in total. The van der Waals surface area contributed by atoms with E-state index in [1.54, 1.807) is 29.8 Å². The summed E-state index contributed by atoms with van der Waals surface area (Å²) in [6.07, 6.45) is 19.3. The molecule has 4 rings (SSSR count). The van der Waals surface area contributed by atoms with Crippen molar-refractivity contribution in [3.63, 3.8) is 0 Å². The molecule has 3 atom stereocenters. The third-order valence-corrected chi connectivity index (χ3v) is 12.8. The van der Waals surface area contributed by atoms with Crippen molar-refractivity contribution in [3.05, 3.63) is 98.5 Å². The molecule has 3 unspecified atom stereocenters. The summed E-state index contributed by atoms with van der Waals surface area (Å²) in [6, 6.07) is 9.67. The smallest absolute Gasteiger partial charge is 0.344 e. The molecule has 2 aromatic carbocycles. The maximum atomic E-state index is 14.5. The zero-order chi connectivity index (χ0) is 49.9. The van der Waals surface area contributed by atoms with Crippen LogP contribution in [0.25, 0.3) is 0 Å². The molecule has 67 heavy (non-hydrogen) atoms. The summed E-state index contributed by atoms with van der Waals surface area (Å²) in [5.41, 5.74) is -0.847. The predicted octanol–water partition coefficient (Wildman–Crippen LogP) is 11.8. The van der Waals surface area contributed by atoms with E-state index in [0.29, 0.717) is 30.9 Å². The number of amides is 2. The molecule has 3 aromatic rings. The Kier molecular flexibility index (Phi) is 27.0. The van der Waals surface area contributed by atoms with E-state index < -0.39 is 45.8 Å². The van der Waals surface area contributed by atoms with Gasteiger partial charge in [0.1, 0.15) is 22.9 Å². The minimum atomic E-state index is -1.01. The van der Waals surface area contributed by atoms with Gasteiger partial charge < -0.3 is 24.8 Å². The lowest BCUT2D eigenvalue weighted by molar-refractivity contribution is -0.121. The molecule has 1 aromatic heterocycles. The van der Waals surface area contributed by atoms with Gasteiger partial charge in [0, 0.05) is 62.7 Å². The number of aldehydes is 1. The third kappa shape index (κ3) is 19.2. The van der Waals surface area contributed by atoms with Crippen LogP contribution in [0.5, 0.6) is 5.75 Å². The van der Waals surface area contributed by atoms with Gasteiger partial charge in [0.25, 0.3) is 5.91 Å². The third-order valence-electron chi connectivity index (χ3n) is 12.8. The maximum Gasteiger partial charge on any atom is 0.344 e. The molecule has 372 valence electrons. The van der Waals surface area contributed by atoms with Gasteiger partial charge in [-0.3, -0.25) is 24.2 Å². The molecule has 0 aliphatic carbocycles. The minimum Gasteiger partial charge on any atom is -0.416 e. The van der Waals surface area contributed by atoms with Crippen molar-refractivity contribution in [2.24, 2.45) is 10.9 Å². The number of pyridine rings is 1. The standard InChI is InChI=1S/C46H62F2N4O6.C4H9N.C4H10/c1-6-7-8-9-10-11-12-13-14-15-16-21-41(54)49-27-34-19-17-18-20-37(34)45(57)58-43-40(30-53)52(46(4)31-51(5)33(3)23-22-32(46)2)29-38(42(43)55)44(56)50-28-35-24-25-36(47)26-39(35)48;1-4(2)5-3;1-3-4-2/h17-20,24-26,29-30,32-33H,6-16,21-23,27-28,31H2,1-5H3,(H,49,54)(H,50,56);1-3H3;3-4H2,1-2H3. The molecule has 0 bridgehead atoms. The molecule has 2 heterocycles. The van der Waals surface area contributed by atoms with Crippen molar-refractivity contribution in [3.8, 4) is 5.75 Å². The van der Waals surface area contributed by atoms with Gasteiger partial charge in [-0.25, -0.2) is 13.6 Å². The highest BCUT2D eigenvalue weighted by atomic mass is 19.1. The van der Waals surface area contributed by atoms with Crippen LogP contribution in [0.15, 0.2) is 58.4 Å². The number of aliphatic imine (C=N–C) groups is 1. The lowest BCUT2D eigenvalue weighted by atomic mass is 9.83. The SMILES string of the molecule is CCCC.CCCCCCCCCCCCCC(=O)NCc1ccccc1C(=O)Oc1c(C=O)n(C2(C)CN(C)C(C)CCC2C)cc(C(=O)NCc2ccc(F)cc2F)c1=O.CN=C(C)C. The normalized spacial score (nSPS) is 16.8. The zero-order valence-electron chi connectivity index (χ0n) is 42.3. The van der Waals surface area contributed by atoms with Crippen LogP contribution in [0.4, 0.5) is 8.78 Å². The van der Waals surface area contributed by atoms with Crippen LogP contribution in [-0.4, -0.2) is 65.9 Å². The highest BCUT2D eigenvalue weighted by Crippen LogP contribution is 2.37. The maximum absolute atomic E-state index is 14.5. The Labute approximate surface area is 399 Å². The van der Waals surface area contributed by atoms with Crippen LogP contribution in [-0.2, 0) is 23.4 Å². The molecule has 2 amide bonds. The van der Waals surface area contributed by atoms with Gasteiger partial charge in [0.05, 0.1) is 11.1 Å². The fourth-order valence-corrected chi connectivity index (χ4v) is 7.74. The van der Waals surface area contributed by atoms with Crippen LogP contribution in [0, 0.1) is 17.6 Å². The second-order valence-corrected chi connectivity index (χ2v) is 18.4. The highest BCUT2D eigenvalue weighted by molar-refractivity contribution is 5.97. The van der Waals surface area contributed by atoms with E-state index in [0.717, 1.165) is 43.9 Å². The number of unbranched alkanes of at least 4 members (excludes halogenated alkanes) is 11. The van der Waals surface area contributed by atoms with Gasteiger partial charge in [-0.2, -0.15) is 0 Å². The topological polar surface area (TPSA) is 139 Å². The second-order valence-electron chi connectivity index (χ2n) is 18.4. The largest absolute Gasteiger partial charge is 0.416 e. The van der Waals surface area contributed by atoms with Crippen molar-refractivity contribution < 1.29 is 32.7 Å². The Morgan fingerprint density at radius 1 is 0.821 bits per heavy atom. The lowest BCUT2D eigenvalue weighted by Gasteiger charge is -2.40. The number of hydrogen-bond acceptors (Lipinski definition) is 8. The number of aromatic nitrogens is 1. The molecule has 1 saturated heterocycles. The van der Waals surface area contributed by atoms with Crippen molar-refractivity contribution in [2.75, 3.05) is 20.6 Å². The molecular formula is C54H81F2N5O6. The fourth-order valence-electron chi connectivity index (χ4n) is 7.74. The molecule has 11 nitrogen and oxygen atoms in total. The van der Waals surface area contributed by atoms with Crippen molar-refractivity contribution in [1.29, 1.82) is 0 Å². The number of carbonyl (C=O) groups excluding carboxylic acids is 4. The molecule has 1 aliphatic heterocycles. The summed E-state index contributed by atoms with van der Waals surface area (Å²) in [4.78, 5) is 73.5. The Bertz CT molecular complexity index is 2100. The first-order valence-corrected chi connectivity index (χ1v) is 24.6. The Morgan fingerprint density at radius 3 is 1.97 bits per heavy atom. The van der Waals surface area contributed by atoms with Crippen molar-refractivity contribution >= 4 is 29.8 Å². The number of nitrogens with one attached hydrogen (secondary N) is 2. The quantitative estimate of drug-likeness (QED) is 0.0442. The van der Waals surface area contributed by atoms with Crippen LogP contribution < -0.4 is 20.8 Å². The average molecular weight is 934 g/mol. The number of halogens is 2. The van der Waals surface area contributed by atoms with Crippen LogP contribution in [0.3, 0.4) is 0 Å². The van der Waals surface area contributed by atoms with Crippen LogP contribution in [0.2, 0.25) is 0 Å². The minimum absolute atomic E-state index is 0.00583. The molecule has 1 fully saturated rings. The van der Waals surface area contributed by atoms with Crippen LogP contribution >= 0.6 is 0 Å². The van der Waals surface area contributed by atoms with E-state index in [1.165, 1.54) is 82.5 Å². The number of esters is 1. The van der Waals surface area contributed by atoms with Gasteiger partial charge >= 0.3 is 5.97 Å². The second kappa shape index (κ2) is 31.1. The Balaban J connectivity index is 0.00000156. The molecule has 0 radical (unpaired) electrons. The highest BCUT2D eigenvalue weighted by Gasteiger charge is 2.40. The van der Waals surface area contributed by atoms with E-state index >= 15 is 0 Å². The predicted molar refractivity (Wildman–Crippen MR) is 267 cm³/mol.